The summed E-state index contributed by atoms with van der Waals surface area (Å²) in [6.45, 7) is 2.78. The molecule has 1 aromatic carbocycles. The van der Waals surface area contributed by atoms with Gasteiger partial charge in [0.2, 0.25) is 0 Å². The zero-order valence-electron chi connectivity index (χ0n) is 11.5. The van der Waals surface area contributed by atoms with Gasteiger partial charge in [-0.3, -0.25) is 10.6 Å². The van der Waals surface area contributed by atoms with Gasteiger partial charge in [-0.05, 0) is 38.3 Å². The van der Waals surface area contributed by atoms with Crippen LogP contribution in [0.4, 0.5) is 10.1 Å². The quantitative estimate of drug-likeness (QED) is 0.567. The molecule has 2 rings (SSSR count). The number of hydrazine groups is 1. The molecule has 0 bridgehead atoms. The summed E-state index contributed by atoms with van der Waals surface area (Å²) in [5.74, 6) is 4.47. The molecule has 6 heteroatoms. The first kappa shape index (κ1) is 14.7. The number of carbonyl (C=O) groups is 1. The molecule has 20 heavy (non-hydrogen) atoms. The molecule has 0 spiro atoms. The maximum Gasteiger partial charge on any atom is 0.256 e. The van der Waals surface area contributed by atoms with E-state index in [4.69, 9.17) is 5.84 Å². The number of carbonyl (C=O) groups excluding carboxylic acids is 1. The lowest BCUT2D eigenvalue weighted by Gasteiger charge is -2.23. The number of para-hydroxylation sites is 1. The highest BCUT2D eigenvalue weighted by Gasteiger charge is 2.28. The summed E-state index contributed by atoms with van der Waals surface area (Å²) in [6.07, 6.45) is 1.89. The van der Waals surface area contributed by atoms with Crippen LogP contribution in [0.15, 0.2) is 18.2 Å². The van der Waals surface area contributed by atoms with E-state index in [0.717, 1.165) is 6.42 Å². The summed E-state index contributed by atoms with van der Waals surface area (Å²) in [5, 5.41) is 10.0. The van der Waals surface area contributed by atoms with Crippen LogP contribution in [0, 0.1) is 5.82 Å². The second-order valence-electron chi connectivity index (χ2n) is 5.45. The molecule has 4 N–H and O–H groups in total. The highest BCUT2D eigenvalue weighted by atomic mass is 19.1. The molecule has 0 radical (unpaired) electrons. The lowest BCUT2D eigenvalue weighted by Crippen LogP contribution is -2.34. The first-order valence-electron chi connectivity index (χ1n) is 6.71. The van der Waals surface area contributed by atoms with Crippen molar-refractivity contribution in [2.75, 3.05) is 18.5 Å². The average Bonchev–Trinajstić information content (AvgIpc) is 2.58. The maximum atomic E-state index is 13.6. The van der Waals surface area contributed by atoms with Gasteiger partial charge >= 0.3 is 0 Å². The van der Waals surface area contributed by atoms with Crippen LogP contribution in [0.3, 0.4) is 0 Å². The highest BCUT2D eigenvalue weighted by molar-refractivity contribution is 5.99. The van der Waals surface area contributed by atoms with Crippen LogP contribution in [0.25, 0.3) is 0 Å². The van der Waals surface area contributed by atoms with Crippen molar-refractivity contribution in [2.24, 2.45) is 5.84 Å². The molecule has 0 saturated carbocycles. The number of aliphatic hydroxyl groups is 1. The summed E-state index contributed by atoms with van der Waals surface area (Å²) >= 11 is 0. The summed E-state index contributed by atoms with van der Waals surface area (Å²) in [4.78, 5) is 14.1. The van der Waals surface area contributed by atoms with E-state index in [9.17, 15) is 14.3 Å². The van der Waals surface area contributed by atoms with Gasteiger partial charge in [0.15, 0.2) is 0 Å². The van der Waals surface area contributed by atoms with Crippen LogP contribution in [-0.4, -0.2) is 34.6 Å². The van der Waals surface area contributed by atoms with Gasteiger partial charge in [-0.2, -0.15) is 0 Å². The van der Waals surface area contributed by atoms with Gasteiger partial charge in [0.1, 0.15) is 5.82 Å². The summed E-state index contributed by atoms with van der Waals surface area (Å²) in [5.41, 5.74) is 1.72. The largest absolute Gasteiger partial charge is 0.390 e. The van der Waals surface area contributed by atoms with Crippen molar-refractivity contribution in [3.8, 4) is 0 Å². The Morgan fingerprint density at radius 2 is 2.20 bits per heavy atom. The van der Waals surface area contributed by atoms with E-state index in [1.54, 1.807) is 17.9 Å². The number of likely N-dealkylation sites (tertiary alicyclic amines) is 1. The third-order valence-electron chi connectivity index (χ3n) is 3.74. The molecule has 1 aliphatic heterocycles. The number of nitrogens with zero attached hydrogens (tertiary/aromatic N) is 1. The fourth-order valence-electron chi connectivity index (χ4n) is 2.49. The maximum absolute atomic E-state index is 13.6. The number of nitrogen functional groups attached to an aromatic ring is 1. The van der Waals surface area contributed by atoms with Gasteiger partial charge < -0.3 is 15.4 Å². The lowest BCUT2D eigenvalue weighted by molar-refractivity contribution is 0.0438. The van der Waals surface area contributed by atoms with Gasteiger partial charge in [0.05, 0.1) is 16.9 Å². The normalized spacial score (nSPS) is 23.3. The van der Waals surface area contributed by atoms with E-state index in [1.165, 1.54) is 12.1 Å². The van der Waals surface area contributed by atoms with E-state index in [2.05, 4.69) is 5.43 Å². The zero-order valence-corrected chi connectivity index (χ0v) is 11.5. The second-order valence-corrected chi connectivity index (χ2v) is 5.45. The minimum atomic E-state index is -0.744. The molecule has 110 valence electrons. The summed E-state index contributed by atoms with van der Waals surface area (Å²) < 4.78 is 13.6. The van der Waals surface area contributed by atoms with E-state index in [-0.39, 0.29) is 17.2 Å². The van der Waals surface area contributed by atoms with Gasteiger partial charge in [0, 0.05) is 13.1 Å². The van der Waals surface area contributed by atoms with Gasteiger partial charge in [-0.1, -0.05) is 6.07 Å². The third kappa shape index (κ3) is 3.08. The standard InChI is InChI=1S/C14H20FN3O2/c1-14(20)6-3-8-18(9-7-14)13(19)10-4-2-5-11(15)12(10)17-16/h2,4-5,17,20H,3,6-9,16H2,1H3. The zero-order chi connectivity index (χ0) is 14.8. The van der Waals surface area contributed by atoms with Crippen molar-refractivity contribution >= 4 is 11.6 Å². The SMILES string of the molecule is CC1(O)CCCN(C(=O)c2cccc(F)c2NN)CC1. The number of halogens is 1. The van der Waals surface area contributed by atoms with Crippen molar-refractivity contribution in [1.82, 2.24) is 4.90 Å². The van der Waals surface area contributed by atoms with E-state index in [0.29, 0.717) is 25.9 Å². The average molecular weight is 281 g/mol. The lowest BCUT2D eigenvalue weighted by atomic mass is 9.98. The van der Waals surface area contributed by atoms with E-state index >= 15 is 0 Å². The Morgan fingerprint density at radius 3 is 2.90 bits per heavy atom. The molecule has 1 unspecified atom stereocenters. The number of nitrogens with one attached hydrogen (secondary N) is 1. The van der Waals surface area contributed by atoms with E-state index < -0.39 is 11.4 Å². The topological polar surface area (TPSA) is 78.6 Å². The Labute approximate surface area is 117 Å². The van der Waals surface area contributed by atoms with Crippen molar-refractivity contribution in [2.45, 2.75) is 31.8 Å². The molecule has 1 saturated heterocycles. The van der Waals surface area contributed by atoms with Crippen LogP contribution in [0.2, 0.25) is 0 Å². The van der Waals surface area contributed by atoms with Crippen molar-refractivity contribution in [3.63, 3.8) is 0 Å². The van der Waals surface area contributed by atoms with Crippen LogP contribution >= 0.6 is 0 Å². The monoisotopic (exact) mass is 281 g/mol. The number of anilines is 1. The number of amides is 1. The molecular weight excluding hydrogens is 261 g/mol. The smallest absolute Gasteiger partial charge is 0.256 e. The summed E-state index contributed by atoms with van der Waals surface area (Å²) in [7, 11) is 0. The van der Waals surface area contributed by atoms with Crippen molar-refractivity contribution in [3.05, 3.63) is 29.6 Å². The van der Waals surface area contributed by atoms with Crippen LogP contribution in [0.1, 0.15) is 36.5 Å². The molecule has 1 atom stereocenters. The highest BCUT2D eigenvalue weighted by Crippen LogP contribution is 2.25. The van der Waals surface area contributed by atoms with Crippen LogP contribution < -0.4 is 11.3 Å². The number of hydrogen-bond acceptors (Lipinski definition) is 4. The summed E-state index contributed by atoms with van der Waals surface area (Å²) in [6, 6.07) is 4.28. The Kier molecular flexibility index (Phi) is 4.25. The molecule has 1 heterocycles. The van der Waals surface area contributed by atoms with Gasteiger partial charge in [-0.15, -0.1) is 0 Å². The first-order valence-corrected chi connectivity index (χ1v) is 6.71. The Bertz CT molecular complexity index is 505. The third-order valence-corrected chi connectivity index (χ3v) is 3.74. The van der Waals surface area contributed by atoms with Crippen LogP contribution in [0.5, 0.6) is 0 Å². The molecular formula is C14H20FN3O2. The minimum absolute atomic E-state index is 0.00788. The molecule has 1 aliphatic rings. The Morgan fingerprint density at radius 1 is 1.45 bits per heavy atom. The molecule has 1 aromatic rings. The van der Waals surface area contributed by atoms with Crippen molar-refractivity contribution < 1.29 is 14.3 Å². The number of rotatable bonds is 2. The van der Waals surface area contributed by atoms with Gasteiger partial charge in [-0.25, -0.2) is 4.39 Å². The second kappa shape index (κ2) is 5.76. The predicted octanol–water partition coefficient (Wildman–Crippen LogP) is 1.49. The molecule has 1 fully saturated rings. The molecule has 0 aromatic heterocycles. The first-order chi connectivity index (χ1) is 9.44. The Hall–Kier alpha value is -1.66. The molecule has 5 nitrogen and oxygen atoms in total. The van der Waals surface area contributed by atoms with Gasteiger partial charge in [0.25, 0.3) is 5.91 Å². The fourth-order valence-corrected chi connectivity index (χ4v) is 2.49. The van der Waals surface area contributed by atoms with E-state index in [1.807, 2.05) is 0 Å². The van der Waals surface area contributed by atoms with Crippen molar-refractivity contribution in [1.29, 1.82) is 0 Å². The predicted molar refractivity (Wildman–Crippen MR) is 74.6 cm³/mol. The Balaban J connectivity index is 2.21. The molecule has 1 amide bonds. The minimum Gasteiger partial charge on any atom is -0.390 e. The number of benzene rings is 1. The number of hydrogen-bond donors (Lipinski definition) is 3. The van der Waals surface area contributed by atoms with Crippen LogP contribution in [-0.2, 0) is 0 Å². The molecule has 0 aliphatic carbocycles. The fraction of sp³-hybridized carbons (Fsp3) is 0.500. The number of nitrogens with two attached hydrogens (primary N) is 1.